The van der Waals surface area contributed by atoms with Gasteiger partial charge in [-0.25, -0.2) is 0 Å². The van der Waals surface area contributed by atoms with Gasteiger partial charge in [-0.05, 0) is 0 Å². The van der Waals surface area contributed by atoms with Crippen molar-refractivity contribution in [2.75, 3.05) is 0 Å². The zero-order valence-electron chi connectivity index (χ0n) is 18.8. The topological polar surface area (TPSA) is 9.86 Å². The zero-order chi connectivity index (χ0) is 22.9. The Morgan fingerprint density at radius 1 is 0.486 bits per heavy atom. The molecule has 164 valence electrons. The number of para-hydroxylation sites is 2. The predicted molar refractivity (Wildman–Crippen MR) is 150 cm³/mol. The average molecular weight is 511 g/mol. The fourth-order valence-corrected chi connectivity index (χ4v) is 8.22. The van der Waals surface area contributed by atoms with Gasteiger partial charge in [-0.3, -0.25) is 0 Å². The molecule has 0 N–H and O–H groups in total. The molecule has 0 spiro atoms. The molecule has 0 bridgehead atoms. The first-order valence-corrected chi connectivity index (χ1v) is 13.6. The number of fused-ring (bicyclic) bond motifs is 8. The third-order valence-corrected chi connectivity index (χ3v) is 9.70. The third kappa shape index (κ3) is 2.65. The molecular weight excluding hydrogens is 491 g/mol. The normalized spacial score (nSPS) is 12.0. The first kappa shape index (κ1) is 19.3. The minimum atomic E-state index is 0.312. The quantitative estimate of drug-likeness (QED) is 0.208. The number of hydrogen-bond donors (Lipinski definition) is 0. The molecule has 0 aliphatic carbocycles. The Bertz CT molecular complexity index is 2050. The summed E-state index contributed by atoms with van der Waals surface area (Å²) in [7, 11) is 0. The summed E-state index contributed by atoms with van der Waals surface area (Å²) in [5, 5.41) is 6.71. The van der Waals surface area contributed by atoms with Crippen molar-refractivity contribution in [3.8, 4) is 11.4 Å². The average Bonchev–Trinajstić information content (AvgIpc) is 3.60. The van der Waals surface area contributed by atoms with E-state index >= 15 is 0 Å². The first-order valence-electron chi connectivity index (χ1n) is 11.9. The molecule has 3 heterocycles. The van der Waals surface area contributed by atoms with Crippen molar-refractivity contribution < 1.29 is 0 Å². The standard InChI is InChI=1S/C32H20N2Se/c1-2-9-21(10-3-1)34-27-14-6-4-12-24(27)31-25-19-20-33(26(25)17-18-28(31)34)29-15-8-13-23-22-11-5-7-16-30(22)35-32(23)29/h1-20H. The molecule has 8 rings (SSSR count). The Balaban J connectivity index is 1.47. The Kier molecular flexibility index (Phi) is 3.98. The van der Waals surface area contributed by atoms with Gasteiger partial charge in [-0.2, -0.15) is 0 Å². The molecule has 8 aromatic rings. The van der Waals surface area contributed by atoms with E-state index in [9.17, 15) is 0 Å². The maximum atomic E-state index is 2.40. The molecule has 0 atom stereocenters. The Labute approximate surface area is 208 Å². The Hall–Kier alpha value is -4.04. The van der Waals surface area contributed by atoms with Crippen LogP contribution < -0.4 is 0 Å². The minimum absolute atomic E-state index is 0.312. The number of hydrogen-bond acceptors (Lipinski definition) is 0. The van der Waals surface area contributed by atoms with E-state index < -0.39 is 0 Å². The van der Waals surface area contributed by atoms with E-state index in [1.165, 1.54) is 63.4 Å². The van der Waals surface area contributed by atoms with Crippen LogP contribution in [0.4, 0.5) is 0 Å². The summed E-state index contributed by atoms with van der Waals surface area (Å²) >= 11 is 0.312. The summed E-state index contributed by atoms with van der Waals surface area (Å²) in [5.41, 5.74) is 6.25. The monoisotopic (exact) mass is 512 g/mol. The third-order valence-electron chi connectivity index (χ3n) is 7.16. The maximum absolute atomic E-state index is 2.40. The van der Waals surface area contributed by atoms with Gasteiger partial charge in [-0.15, -0.1) is 0 Å². The van der Waals surface area contributed by atoms with E-state index in [1.807, 2.05) is 0 Å². The second kappa shape index (κ2) is 7.23. The van der Waals surface area contributed by atoms with E-state index in [4.69, 9.17) is 0 Å². The van der Waals surface area contributed by atoms with Gasteiger partial charge in [0.2, 0.25) is 0 Å². The second-order valence-electron chi connectivity index (χ2n) is 9.02. The molecule has 2 nitrogen and oxygen atoms in total. The van der Waals surface area contributed by atoms with E-state index in [0.717, 1.165) is 0 Å². The van der Waals surface area contributed by atoms with Gasteiger partial charge in [0.05, 0.1) is 0 Å². The number of nitrogens with zero attached hydrogens (tertiary/aromatic N) is 2. The molecule has 0 unspecified atom stereocenters. The number of aromatic nitrogens is 2. The number of benzene rings is 5. The van der Waals surface area contributed by atoms with Crippen LogP contribution in [-0.4, -0.2) is 23.6 Å². The molecule has 0 fully saturated rings. The van der Waals surface area contributed by atoms with Gasteiger partial charge < -0.3 is 0 Å². The van der Waals surface area contributed by atoms with Gasteiger partial charge in [0.15, 0.2) is 0 Å². The van der Waals surface area contributed by atoms with Crippen LogP contribution in [0.2, 0.25) is 0 Å². The first-order chi connectivity index (χ1) is 17.4. The molecule has 5 aromatic carbocycles. The van der Waals surface area contributed by atoms with Gasteiger partial charge in [-0.1, -0.05) is 0 Å². The molecule has 0 radical (unpaired) electrons. The Morgan fingerprint density at radius 2 is 1.20 bits per heavy atom. The summed E-state index contributed by atoms with van der Waals surface area (Å²) in [4.78, 5) is 0. The second-order valence-corrected chi connectivity index (χ2v) is 11.2. The fraction of sp³-hybridized carbons (Fsp3) is 0. The van der Waals surface area contributed by atoms with E-state index in [0.29, 0.717) is 14.5 Å². The predicted octanol–water partition coefficient (Wildman–Crippen LogP) is 8.09. The van der Waals surface area contributed by atoms with Crippen molar-refractivity contribution >= 4 is 66.5 Å². The van der Waals surface area contributed by atoms with Gasteiger partial charge in [0.25, 0.3) is 0 Å². The summed E-state index contributed by atoms with van der Waals surface area (Å²) in [5.74, 6) is 0. The molecule has 0 saturated carbocycles. The van der Waals surface area contributed by atoms with Crippen molar-refractivity contribution in [3.63, 3.8) is 0 Å². The van der Waals surface area contributed by atoms with Crippen molar-refractivity contribution in [2.24, 2.45) is 0 Å². The van der Waals surface area contributed by atoms with E-state index in [2.05, 4.69) is 131 Å². The van der Waals surface area contributed by atoms with Crippen LogP contribution in [0.1, 0.15) is 0 Å². The van der Waals surface area contributed by atoms with Crippen LogP contribution in [0.25, 0.3) is 63.4 Å². The van der Waals surface area contributed by atoms with E-state index in [-0.39, 0.29) is 0 Å². The molecule has 0 amide bonds. The van der Waals surface area contributed by atoms with Gasteiger partial charge in [0.1, 0.15) is 0 Å². The van der Waals surface area contributed by atoms with Crippen LogP contribution in [0.3, 0.4) is 0 Å². The van der Waals surface area contributed by atoms with Gasteiger partial charge in [0, 0.05) is 0 Å². The summed E-state index contributed by atoms with van der Waals surface area (Å²) in [6, 6.07) is 42.0. The zero-order valence-corrected chi connectivity index (χ0v) is 20.6. The van der Waals surface area contributed by atoms with Crippen molar-refractivity contribution in [2.45, 2.75) is 0 Å². The van der Waals surface area contributed by atoms with Crippen LogP contribution in [0, 0.1) is 0 Å². The molecule has 0 aliphatic rings. The van der Waals surface area contributed by atoms with Gasteiger partial charge >= 0.3 is 208 Å². The summed E-state index contributed by atoms with van der Waals surface area (Å²) in [6.45, 7) is 0. The van der Waals surface area contributed by atoms with Crippen molar-refractivity contribution in [1.29, 1.82) is 0 Å². The van der Waals surface area contributed by atoms with Crippen molar-refractivity contribution in [1.82, 2.24) is 9.13 Å². The van der Waals surface area contributed by atoms with Crippen LogP contribution >= 0.6 is 0 Å². The molecule has 3 heteroatoms. The van der Waals surface area contributed by atoms with Crippen LogP contribution in [0.5, 0.6) is 0 Å². The molecule has 0 saturated heterocycles. The van der Waals surface area contributed by atoms with Crippen molar-refractivity contribution in [3.05, 3.63) is 121 Å². The van der Waals surface area contributed by atoms with Crippen LogP contribution in [-0.2, 0) is 0 Å². The van der Waals surface area contributed by atoms with E-state index in [1.54, 1.807) is 0 Å². The molecular formula is C32H20N2Se. The molecule has 35 heavy (non-hydrogen) atoms. The molecule has 0 aliphatic heterocycles. The summed E-state index contributed by atoms with van der Waals surface area (Å²) in [6.07, 6.45) is 2.26. The van der Waals surface area contributed by atoms with Crippen LogP contribution in [0.15, 0.2) is 121 Å². The Morgan fingerprint density at radius 3 is 2.11 bits per heavy atom. The summed E-state index contributed by atoms with van der Waals surface area (Å²) < 4.78 is 7.75. The molecule has 3 aromatic heterocycles. The number of rotatable bonds is 2. The fourth-order valence-electron chi connectivity index (χ4n) is 5.67. The SMILES string of the molecule is c1ccc(-n2c3ccccc3c3c4ccn(-c5cccc6c5[se]c5ccccc56)c4ccc32)cc1.